The zero-order valence-electron chi connectivity index (χ0n) is 12.2. The van der Waals surface area contributed by atoms with Crippen LogP contribution in [0.2, 0.25) is 0 Å². The van der Waals surface area contributed by atoms with Crippen LogP contribution in [0.1, 0.15) is 17.9 Å². The Morgan fingerprint density at radius 1 is 1.38 bits per heavy atom. The van der Waals surface area contributed by atoms with Crippen molar-refractivity contribution < 1.29 is 4.79 Å². The average Bonchev–Trinajstić information content (AvgIpc) is 3.10. The molecule has 5 nitrogen and oxygen atoms in total. The fourth-order valence-electron chi connectivity index (χ4n) is 3.88. The number of carbonyl (C=O) groups excluding carboxylic acids is 1. The summed E-state index contributed by atoms with van der Waals surface area (Å²) in [4.78, 5) is 21.4. The number of nitrogens with one attached hydrogen (secondary N) is 1. The van der Waals surface area contributed by atoms with Crippen molar-refractivity contribution in [2.75, 3.05) is 31.6 Å². The highest BCUT2D eigenvalue weighted by Crippen LogP contribution is 2.44. The second-order valence-electron chi connectivity index (χ2n) is 6.15. The Morgan fingerprint density at radius 2 is 2.24 bits per heavy atom. The summed E-state index contributed by atoms with van der Waals surface area (Å²) in [6.45, 7) is 2.37. The molecule has 3 aliphatic heterocycles. The van der Waals surface area contributed by atoms with Gasteiger partial charge in [0.15, 0.2) is 0 Å². The second-order valence-corrected chi connectivity index (χ2v) is 6.15. The Kier molecular flexibility index (Phi) is 2.87. The van der Waals surface area contributed by atoms with Gasteiger partial charge in [-0.15, -0.1) is 0 Å². The van der Waals surface area contributed by atoms with E-state index in [2.05, 4.69) is 40.5 Å². The Hall–Kier alpha value is -2.04. The molecule has 0 spiro atoms. The molecule has 0 aromatic heterocycles. The lowest BCUT2D eigenvalue weighted by Crippen LogP contribution is -2.52. The molecule has 21 heavy (non-hydrogen) atoms. The number of piperidine rings is 1. The van der Waals surface area contributed by atoms with Crippen molar-refractivity contribution in [3.63, 3.8) is 0 Å². The van der Waals surface area contributed by atoms with Gasteiger partial charge in [0, 0.05) is 31.9 Å². The van der Waals surface area contributed by atoms with Crippen LogP contribution in [0.4, 0.5) is 5.69 Å². The number of likely N-dealkylation sites (N-methyl/N-ethyl adjacent to an activating group) is 1. The van der Waals surface area contributed by atoms with Gasteiger partial charge in [-0.1, -0.05) is 18.2 Å². The van der Waals surface area contributed by atoms with Crippen LogP contribution in [0.15, 0.2) is 29.3 Å². The van der Waals surface area contributed by atoms with E-state index in [4.69, 9.17) is 0 Å². The molecular formula is C16H20N4O. The average molecular weight is 284 g/mol. The van der Waals surface area contributed by atoms with Gasteiger partial charge >= 0.3 is 0 Å². The van der Waals surface area contributed by atoms with E-state index in [9.17, 15) is 4.79 Å². The Balaban J connectivity index is 1.58. The number of benzene rings is 1. The van der Waals surface area contributed by atoms with Gasteiger partial charge in [0.1, 0.15) is 0 Å². The minimum atomic E-state index is 0.00210. The van der Waals surface area contributed by atoms with Crippen LogP contribution in [-0.2, 0) is 4.79 Å². The molecule has 0 unspecified atom stereocenters. The van der Waals surface area contributed by atoms with E-state index in [1.165, 1.54) is 11.3 Å². The molecule has 3 aliphatic rings. The minimum absolute atomic E-state index is 0.00210. The number of anilines is 1. The van der Waals surface area contributed by atoms with E-state index in [0.717, 1.165) is 26.1 Å². The largest absolute Gasteiger partial charge is 0.370 e. The molecule has 1 amide bonds. The van der Waals surface area contributed by atoms with Crippen LogP contribution >= 0.6 is 0 Å². The van der Waals surface area contributed by atoms with E-state index in [0.29, 0.717) is 6.04 Å². The second kappa shape index (κ2) is 4.76. The zero-order valence-corrected chi connectivity index (χ0v) is 12.2. The lowest BCUT2D eigenvalue weighted by Gasteiger charge is -2.38. The summed E-state index contributed by atoms with van der Waals surface area (Å²) in [5, 5.41) is 3.22. The monoisotopic (exact) mass is 284 g/mol. The molecule has 1 N–H and O–H groups in total. The van der Waals surface area contributed by atoms with Crippen LogP contribution in [0.5, 0.6) is 0 Å². The lowest BCUT2D eigenvalue weighted by atomic mass is 9.88. The van der Waals surface area contributed by atoms with Crippen LogP contribution in [0.3, 0.4) is 0 Å². The maximum absolute atomic E-state index is 12.9. The third kappa shape index (κ3) is 1.91. The highest BCUT2D eigenvalue weighted by Gasteiger charge is 2.45. The van der Waals surface area contributed by atoms with E-state index < -0.39 is 0 Å². The molecule has 0 saturated carbocycles. The van der Waals surface area contributed by atoms with E-state index >= 15 is 0 Å². The van der Waals surface area contributed by atoms with Crippen molar-refractivity contribution in [2.45, 2.75) is 24.4 Å². The van der Waals surface area contributed by atoms with Crippen molar-refractivity contribution >= 4 is 17.9 Å². The first-order valence-corrected chi connectivity index (χ1v) is 7.60. The number of amides is 1. The zero-order chi connectivity index (χ0) is 14.4. The number of para-hydroxylation sites is 1. The van der Waals surface area contributed by atoms with Gasteiger partial charge in [-0.05, 0) is 18.1 Å². The molecule has 3 atom stereocenters. The molecule has 110 valence electrons. The van der Waals surface area contributed by atoms with Gasteiger partial charge in [0.05, 0.1) is 24.8 Å². The molecule has 1 saturated heterocycles. The summed E-state index contributed by atoms with van der Waals surface area (Å²) in [6.07, 6.45) is 2.79. The predicted molar refractivity (Wildman–Crippen MR) is 82.9 cm³/mol. The summed E-state index contributed by atoms with van der Waals surface area (Å²) in [6, 6.07) is 8.91. The van der Waals surface area contributed by atoms with Gasteiger partial charge < -0.3 is 15.1 Å². The topological polar surface area (TPSA) is 47.9 Å². The molecule has 0 bridgehead atoms. The number of nitrogens with zero attached hydrogens (tertiary/aromatic N) is 3. The van der Waals surface area contributed by atoms with Crippen molar-refractivity contribution in [1.82, 2.24) is 10.2 Å². The molecule has 1 fully saturated rings. The number of likely N-dealkylation sites (tertiary alicyclic amines) is 1. The number of aliphatic imine (C=N–C) groups is 1. The van der Waals surface area contributed by atoms with Gasteiger partial charge in [-0.3, -0.25) is 9.79 Å². The summed E-state index contributed by atoms with van der Waals surface area (Å²) in [5.41, 5.74) is 2.40. The summed E-state index contributed by atoms with van der Waals surface area (Å²) >= 11 is 0. The molecule has 0 aliphatic carbocycles. The van der Waals surface area contributed by atoms with Crippen molar-refractivity contribution in [3.05, 3.63) is 29.8 Å². The number of hydrogen-bond donors (Lipinski definition) is 1. The van der Waals surface area contributed by atoms with E-state index in [1.54, 1.807) is 6.34 Å². The molecular weight excluding hydrogens is 264 g/mol. The molecule has 1 aromatic rings. The quantitative estimate of drug-likeness (QED) is 0.875. The fourth-order valence-corrected chi connectivity index (χ4v) is 3.88. The summed E-state index contributed by atoms with van der Waals surface area (Å²) < 4.78 is 0. The predicted octanol–water partition coefficient (Wildman–Crippen LogP) is 0.821. The van der Waals surface area contributed by atoms with Crippen molar-refractivity contribution in [3.8, 4) is 0 Å². The number of carbonyl (C=O) groups is 1. The van der Waals surface area contributed by atoms with Crippen LogP contribution in [0, 0.1) is 0 Å². The van der Waals surface area contributed by atoms with Crippen LogP contribution < -0.4 is 10.2 Å². The first kappa shape index (κ1) is 12.7. The standard InChI is InChI=1S/C16H20N4O/c1-19-13-5-3-2-4-12(13)15-14(19)6-7-20(16(15)21)9-11-8-17-10-18-11/h2-5,10-11,14-15H,6-9H2,1H3,(H,17,18)/t11-,14+,15-/m0/s1. The molecule has 4 rings (SSSR count). The SMILES string of the molecule is CN1c2ccccc2[C@@H]2C(=O)N(C[C@@H]3CN=CN3)CC[C@H]21. The molecule has 0 radical (unpaired) electrons. The van der Waals surface area contributed by atoms with Crippen LogP contribution in [-0.4, -0.2) is 55.9 Å². The van der Waals surface area contributed by atoms with Gasteiger partial charge in [0.2, 0.25) is 5.91 Å². The highest BCUT2D eigenvalue weighted by molar-refractivity contribution is 5.90. The first-order chi connectivity index (χ1) is 10.3. The molecule has 3 heterocycles. The summed E-state index contributed by atoms with van der Waals surface area (Å²) in [7, 11) is 2.11. The maximum Gasteiger partial charge on any atom is 0.232 e. The molecule has 1 aromatic carbocycles. The Morgan fingerprint density at radius 3 is 3.05 bits per heavy atom. The van der Waals surface area contributed by atoms with Crippen molar-refractivity contribution in [2.24, 2.45) is 4.99 Å². The Bertz CT molecular complexity index is 592. The lowest BCUT2D eigenvalue weighted by molar-refractivity contribution is -0.135. The first-order valence-electron chi connectivity index (χ1n) is 7.60. The normalized spacial score (nSPS) is 30.3. The van der Waals surface area contributed by atoms with Gasteiger partial charge in [0.25, 0.3) is 0 Å². The number of rotatable bonds is 2. The number of hydrogen-bond acceptors (Lipinski definition) is 4. The third-order valence-corrected chi connectivity index (χ3v) is 4.97. The number of fused-ring (bicyclic) bond motifs is 3. The highest BCUT2D eigenvalue weighted by atomic mass is 16.2. The maximum atomic E-state index is 12.9. The fraction of sp³-hybridized carbons (Fsp3) is 0.500. The van der Waals surface area contributed by atoms with E-state index in [1.807, 2.05) is 11.0 Å². The Labute approximate surface area is 124 Å². The van der Waals surface area contributed by atoms with Gasteiger partial charge in [-0.2, -0.15) is 0 Å². The van der Waals surface area contributed by atoms with E-state index in [-0.39, 0.29) is 17.9 Å². The molecule has 5 heteroatoms. The smallest absolute Gasteiger partial charge is 0.232 e. The minimum Gasteiger partial charge on any atom is -0.370 e. The van der Waals surface area contributed by atoms with Crippen LogP contribution in [0.25, 0.3) is 0 Å². The third-order valence-electron chi connectivity index (χ3n) is 4.97. The van der Waals surface area contributed by atoms with Crippen molar-refractivity contribution in [1.29, 1.82) is 0 Å². The summed E-state index contributed by atoms with van der Waals surface area (Å²) in [5.74, 6) is 0.277. The van der Waals surface area contributed by atoms with Gasteiger partial charge in [-0.25, -0.2) is 0 Å².